The van der Waals surface area contributed by atoms with Crippen molar-refractivity contribution in [3.8, 4) is 5.75 Å². The number of hydrogen-bond donors (Lipinski definition) is 1. The number of rotatable bonds is 6. The Morgan fingerprint density at radius 1 is 1.40 bits per heavy atom. The van der Waals surface area contributed by atoms with Crippen molar-refractivity contribution in [3.05, 3.63) is 32.8 Å². The smallest absolute Gasteiger partial charge is 0.274 e. The van der Waals surface area contributed by atoms with Crippen LogP contribution in [0, 0.1) is 15.5 Å². The van der Waals surface area contributed by atoms with Crippen LogP contribution >= 0.6 is 15.9 Å². The average molecular weight is 367 g/mol. The number of primary sulfonamides is 1. The fourth-order valence-electron chi connectivity index (χ4n) is 1.60. The molecule has 2 N–H and O–H groups in total. The van der Waals surface area contributed by atoms with Crippen LogP contribution in [-0.4, -0.2) is 25.7 Å². The fourth-order valence-corrected chi connectivity index (χ4v) is 3.23. The molecule has 0 aliphatic carbocycles. The third kappa shape index (κ3) is 5.85. The summed E-state index contributed by atoms with van der Waals surface area (Å²) in [7, 11) is -3.61. The molecule has 0 amide bonds. The van der Waals surface area contributed by atoms with Crippen LogP contribution in [0.2, 0.25) is 0 Å². The quantitative estimate of drug-likeness (QED) is 0.611. The number of halogens is 1. The van der Waals surface area contributed by atoms with Gasteiger partial charge < -0.3 is 4.74 Å². The predicted molar refractivity (Wildman–Crippen MR) is 78.0 cm³/mol. The second-order valence-electron chi connectivity index (χ2n) is 5.16. The molecule has 0 heterocycles. The summed E-state index contributed by atoms with van der Waals surface area (Å²) in [5.41, 5.74) is -0.816. The van der Waals surface area contributed by atoms with E-state index in [2.05, 4.69) is 15.9 Å². The van der Waals surface area contributed by atoms with E-state index >= 15 is 0 Å². The van der Waals surface area contributed by atoms with E-state index < -0.39 is 20.4 Å². The molecule has 0 saturated carbocycles. The first-order valence-corrected chi connectivity index (χ1v) is 8.08. The van der Waals surface area contributed by atoms with Gasteiger partial charge in [0.15, 0.2) is 0 Å². The number of nitrogens with zero attached hydrogens (tertiary/aromatic N) is 1. The van der Waals surface area contributed by atoms with Crippen molar-refractivity contribution >= 4 is 31.6 Å². The lowest BCUT2D eigenvalue weighted by Crippen LogP contribution is -2.33. The van der Waals surface area contributed by atoms with Crippen LogP contribution in [0.3, 0.4) is 0 Å². The van der Waals surface area contributed by atoms with Crippen molar-refractivity contribution in [2.24, 2.45) is 10.6 Å². The Balaban J connectivity index is 2.82. The molecule has 20 heavy (non-hydrogen) atoms. The SMILES string of the molecule is CC(C)(COc1cc(Br)cc([N+](=O)[O-])c1)CS(N)(=O)=O. The zero-order chi connectivity index (χ0) is 15.6. The highest BCUT2D eigenvalue weighted by Gasteiger charge is 2.25. The molecular formula is C11H15BrN2O5S. The molecule has 1 aromatic rings. The molecule has 0 aromatic heterocycles. The summed E-state index contributed by atoms with van der Waals surface area (Å²) in [4.78, 5) is 10.2. The molecule has 1 rings (SSSR count). The van der Waals surface area contributed by atoms with Crippen LogP contribution in [0.4, 0.5) is 5.69 Å². The van der Waals surface area contributed by atoms with E-state index in [-0.39, 0.29) is 23.8 Å². The molecule has 0 unspecified atom stereocenters. The van der Waals surface area contributed by atoms with Crippen LogP contribution in [0.15, 0.2) is 22.7 Å². The molecule has 1 aromatic carbocycles. The minimum atomic E-state index is -3.61. The summed E-state index contributed by atoms with van der Waals surface area (Å²) in [6.45, 7) is 3.44. The van der Waals surface area contributed by atoms with Crippen LogP contribution in [-0.2, 0) is 10.0 Å². The van der Waals surface area contributed by atoms with Gasteiger partial charge >= 0.3 is 0 Å². The molecule has 0 aliphatic rings. The lowest BCUT2D eigenvalue weighted by molar-refractivity contribution is -0.385. The Morgan fingerprint density at radius 3 is 2.50 bits per heavy atom. The van der Waals surface area contributed by atoms with E-state index in [4.69, 9.17) is 9.88 Å². The number of nitro groups is 1. The molecule has 0 bridgehead atoms. The van der Waals surface area contributed by atoms with E-state index in [9.17, 15) is 18.5 Å². The van der Waals surface area contributed by atoms with E-state index in [1.165, 1.54) is 12.1 Å². The highest BCUT2D eigenvalue weighted by molar-refractivity contribution is 9.10. The van der Waals surface area contributed by atoms with Crippen molar-refractivity contribution in [1.29, 1.82) is 0 Å². The van der Waals surface area contributed by atoms with E-state index in [0.717, 1.165) is 0 Å². The van der Waals surface area contributed by atoms with Gasteiger partial charge in [0.25, 0.3) is 5.69 Å². The molecule has 0 spiro atoms. The maximum absolute atomic E-state index is 11.1. The zero-order valence-corrected chi connectivity index (χ0v) is 13.4. The van der Waals surface area contributed by atoms with Crippen molar-refractivity contribution in [2.45, 2.75) is 13.8 Å². The minimum Gasteiger partial charge on any atom is -0.493 e. The molecule has 0 atom stereocenters. The first-order valence-electron chi connectivity index (χ1n) is 5.57. The Bertz CT molecular complexity index is 615. The van der Waals surface area contributed by atoms with Gasteiger partial charge in [0.05, 0.1) is 23.3 Å². The maximum Gasteiger partial charge on any atom is 0.274 e. The van der Waals surface area contributed by atoms with Gasteiger partial charge in [-0.2, -0.15) is 0 Å². The number of hydrogen-bond acceptors (Lipinski definition) is 5. The standard InChI is InChI=1S/C11H15BrN2O5S/c1-11(2,7-20(13,17)18)6-19-10-4-8(12)3-9(5-10)14(15)16/h3-5H,6-7H2,1-2H3,(H2,13,17,18). The van der Waals surface area contributed by atoms with Crippen molar-refractivity contribution in [1.82, 2.24) is 0 Å². The van der Waals surface area contributed by atoms with E-state index in [1.54, 1.807) is 19.9 Å². The highest BCUT2D eigenvalue weighted by atomic mass is 79.9. The summed E-state index contributed by atoms with van der Waals surface area (Å²) in [5.74, 6) is 0.0457. The van der Waals surface area contributed by atoms with Gasteiger partial charge in [-0.05, 0) is 6.07 Å². The van der Waals surface area contributed by atoms with Crippen molar-refractivity contribution in [3.63, 3.8) is 0 Å². The number of benzene rings is 1. The van der Waals surface area contributed by atoms with Gasteiger partial charge in [-0.15, -0.1) is 0 Å². The summed E-state index contributed by atoms with van der Waals surface area (Å²) in [6.07, 6.45) is 0. The molecule has 112 valence electrons. The third-order valence-electron chi connectivity index (χ3n) is 2.29. The zero-order valence-electron chi connectivity index (χ0n) is 11.0. The fraction of sp³-hybridized carbons (Fsp3) is 0.455. The third-order valence-corrected chi connectivity index (χ3v) is 3.93. The van der Waals surface area contributed by atoms with Crippen LogP contribution in [0.1, 0.15) is 13.8 Å². The topological polar surface area (TPSA) is 113 Å². The predicted octanol–water partition coefficient (Wildman–Crippen LogP) is 2.05. The maximum atomic E-state index is 11.1. The minimum absolute atomic E-state index is 0.0665. The second-order valence-corrected chi connectivity index (χ2v) is 7.69. The molecule has 0 fully saturated rings. The van der Waals surface area contributed by atoms with Gasteiger partial charge in [0.2, 0.25) is 10.0 Å². The Morgan fingerprint density at radius 2 is 2.00 bits per heavy atom. The molecule has 0 saturated heterocycles. The van der Waals surface area contributed by atoms with Gasteiger partial charge in [-0.1, -0.05) is 29.8 Å². The molecule has 0 radical (unpaired) electrons. The normalized spacial score (nSPS) is 12.2. The van der Waals surface area contributed by atoms with Gasteiger partial charge in [0, 0.05) is 16.0 Å². The Hall–Kier alpha value is -1.19. The van der Waals surface area contributed by atoms with E-state index in [0.29, 0.717) is 4.47 Å². The molecule has 7 nitrogen and oxygen atoms in total. The van der Waals surface area contributed by atoms with Crippen molar-refractivity contribution < 1.29 is 18.1 Å². The number of sulfonamides is 1. The number of nitrogens with two attached hydrogens (primary N) is 1. The molecule has 0 aliphatic heterocycles. The monoisotopic (exact) mass is 366 g/mol. The number of non-ortho nitro benzene ring substituents is 1. The average Bonchev–Trinajstić information content (AvgIpc) is 2.22. The first-order chi connectivity index (χ1) is 8.98. The molecular weight excluding hydrogens is 352 g/mol. The number of nitro benzene ring substituents is 1. The molecule has 9 heteroatoms. The van der Waals surface area contributed by atoms with Crippen LogP contribution in [0.5, 0.6) is 5.75 Å². The Labute approximate surface area is 125 Å². The second kappa shape index (κ2) is 6.06. The van der Waals surface area contributed by atoms with Crippen LogP contribution in [0.25, 0.3) is 0 Å². The number of ether oxygens (including phenoxy) is 1. The first kappa shape index (κ1) is 16.9. The summed E-state index contributed by atoms with van der Waals surface area (Å²) < 4.78 is 28.1. The van der Waals surface area contributed by atoms with Crippen LogP contribution < -0.4 is 9.88 Å². The van der Waals surface area contributed by atoms with Gasteiger partial charge in [-0.25, -0.2) is 13.6 Å². The van der Waals surface area contributed by atoms with Gasteiger partial charge in [-0.3, -0.25) is 10.1 Å². The van der Waals surface area contributed by atoms with Gasteiger partial charge in [0.1, 0.15) is 5.75 Å². The van der Waals surface area contributed by atoms with E-state index in [1.807, 2.05) is 0 Å². The summed E-state index contributed by atoms with van der Waals surface area (Å²) in [5, 5.41) is 15.7. The highest BCUT2D eigenvalue weighted by Crippen LogP contribution is 2.27. The summed E-state index contributed by atoms with van der Waals surface area (Å²) in [6, 6.07) is 4.19. The lowest BCUT2D eigenvalue weighted by Gasteiger charge is -2.23. The lowest BCUT2D eigenvalue weighted by atomic mass is 9.98. The summed E-state index contributed by atoms with van der Waals surface area (Å²) >= 11 is 3.15. The Kier molecular flexibility index (Phi) is 5.11. The largest absolute Gasteiger partial charge is 0.493 e. The van der Waals surface area contributed by atoms with Crippen molar-refractivity contribution in [2.75, 3.05) is 12.4 Å².